The Balaban J connectivity index is 1.53. The summed E-state index contributed by atoms with van der Waals surface area (Å²) in [6.45, 7) is 1.62. The van der Waals surface area contributed by atoms with Gasteiger partial charge in [0.1, 0.15) is 5.69 Å². The van der Waals surface area contributed by atoms with Crippen molar-refractivity contribution in [2.45, 2.75) is 29.9 Å². The molecule has 1 amide bonds. The fourth-order valence-corrected chi connectivity index (χ4v) is 4.22. The lowest BCUT2D eigenvalue weighted by atomic mass is 10.0. The van der Waals surface area contributed by atoms with Gasteiger partial charge in [0.2, 0.25) is 5.91 Å². The Morgan fingerprint density at radius 2 is 1.54 bits per heavy atom. The van der Waals surface area contributed by atoms with Gasteiger partial charge in [-0.3, -0.25) is 4.79 Å². The number of carbonyl (C=O) groups is 1. The van der Waals surface area contributed by atoms with E-state index in [0.717, 1.165) is 29.0 Å². The Kier molecular flexibility index (Phi) is 7.51. The van der Waals surface area contributed by atoms with Crippen LogP contribution in [0.3, 0.4) is 0 Å². The summed E-state index contributed by atoms with van der Waals surface area (Å²) >= 11 is 0.886. The third-order valence-corrected chi connectivity index (χ3v) is 6.19. The molecule has 35 heavy (non-hydrogen) atoms. The van der Waals surface area contributed by atoms with Gasteiger partial charge in [0.15, 0.2) is 5.16 Å². The summed E-state index contributed by atoms with van der Waals surface area (Å²) in [5.74, 6) is -0.349. The SMILES string of the molecule is C[C@H](Sc1nc(-c2ccccc2)cc(C(F)(F)F)n1)C(=O)Nc1ccccc1Cc1ccccc1. The van der Waals surface area contributed by atoms with Crippen LogP contribution in [0.1, 0.15) is 23.7 Å². The lowest BCUT2D eigenvalue weighted by molar-refractivity contribution is -0.141. The second-order valence-electron chi connectivity index (χ2n) is 7.85. The van der Waals surface area contributed by atoms with Crippen LogP contribution >= 0.6 is 11.8 Å². The molecule has 4 rings (SSSR count). The summed E-state index contributed by atoms with van der Waals surface area (Å²) in [5.41, 5.74) is 2.33. The van der Waals surface area contributed by atoms with E-state index in [1.807, 2.05) is 54.6 Å². The number of nitrogens with one attached hydrogen (secondary N) is 1. The first-order valence-corrected chi connectivity index (χ1v) is 11.8. The van der Waals surface area contributed by atoms with Crippen molar-refractivity contribution in [1.29, 1.82) is 0 Å². The monoisotopic (exact) mass is 493 g/mol. The molecule has 1 aromatic heterocycles. The molecule has 1 heterocycles. The Hall–Kier alpha value is -3.65. The highest BCUT2D eigenvalue weighted by Gasteiger charge is 2.34. The number of nitrogens with zero attached hydrogens (tertiary/aromatic N) is 2. The largest absolute Gasteiger partial charge is 0.433 e. The maximum Gasteiger partial charge on any atom is 0.433 e. The number of carbonyl (C=O) groups excluding carboxylic acids is 1. The van der Waals surface area contributed by atoms with E-state index >= 15 is 0 Å². The number of hydrogen-bond donors (Lipinski definition) is 1. The van der Waals surface area contributed by atoms with Gasteiger partial charge in [0.25, 0.3) is 0 Å². The van der Waals surface area contributed by atoms with E-state index in [9.17, 15) is 18.0 Å². The number of thioether (sulfide) groups is 1. The van der Waals surface area contributed by atoms with Crippen molar-refractivity contribution in [3.63, 3.8) is 0 Å². The van der Waals surface area contributed by atoms with Gasteiger partial charge in [0.05, 0.1) is 10.9 Å². The first-order valence-electron chi connectivity index (χ1n) is 10.9. The zero-order valence-corrected chi connectivity index (χ0v) is 19.6. The molecule has 0 radical (unpaired) electrons. The molecule has 0 unspecified atom stereocenters. The van der Waals surface area contributed by atoms with Crippen LogP contribution in [0.4, 0.5) is 18.9 Å². The van der Waals surface area contributed by atoms with Crippen molar-refractivity contribution < 1.29 is 18.0 Å². The number of halogens is 3. The molecule has 0 aliphatic heterocycles. The van der Waals surface area contributed by atoms with E-state index in [-0.39, 0.29) is 16.8 Å². The number of hydrogen-bond acceptors (Lipinski definition) is 4. The molecule has 0 fully saturated rings. The minimum atomic E-state index is -4.64. The van der Waals surface area contributed by atoms with Crippen LogP contribution in [0, 0.1) is 0 Å². The molecule has 1 N–H and O–H groups in total. The number of rotatable bonds is 7. The van der Waals surface area contributed by atoms with Crippen LogP contribution in [0.5, 0.6) is 0 Å². The van der Waals surface area contributed by atoms with Crippen molar-refractivity contribution in [2.24, 2.45) is 0 Å². The van der Waals surface area contributed by atoms with Crippen molar-refractivity contribution in [2.75, 3.05) is 5.32 Å². The Morgan fingerprint density at radius 1 is 0.914 bits per heavy atom. The molecule has 0 aliphatic rings. The van der Waals surface area contributed by atoms with Gasteiger partial charge in [-0.05, 0) is 36.6 Å². The van der Waals surface area contributed by atoms with E-state index < -0.39 is 17.1 Å². The molecule has 0 spiro atoms. The molecular weight excluding hydrogens is 471 g/mol. The molecular formula is C27H22F3N3OS. The predicted octanol–water partition coefficient (Wildman–Crippen LogP) is 6.87. The summed E-state index contributed by atoms with van der Waals surface area (Å²) in [6, 6.07) is 26.8. The van der Waals surface area contributed by atoms with E-state index in [1.165, 1.54) is 0 Å². The average Bonchev–Trinajstić information content (AvgIpc) is 2.85. The number of para-hydroxylation sites is 1. The van der Waals surface area contributed by atoms with Crippen LogP contribution in [0.25, 0.3) is 11.3 Å². The highest BCUT2D eigenvalue weighted by molar-refractivity contribution is 8.00. The molecule has 0 aliphatic carbocycles. The molecule has 178 valence electrons. The second kappa shape index (κ2) is 10.7. The lowest BCUT2D eigenvalue weighted by Gasteiger charge is -2.15. The highest BCUT2D eigenvalue weighted by atomic mass is 32.2. The molecule has 0 bridgehead atoms. The molecule has 0 saturated heterocycles. The molecule has 8 heteroatoms. The maximum absolute atomic E-state index is 13.5. The van der Waals surface area contributed by atoms with Crippen LogP contribution in [0.15, 0.2) is 96.2 Å². The van der Waals surface area contributed by atoms with Crippen molar-refractivity contribution in [3.05, 3.63) is 108 Å². The second-order valence-corrected chi connectivity index (χ2v) is 9.16. The highest BCUT2D eigenvalue weighted by Crippen LogP contribution is 2.33. The van der Waals surface area contributed by atoms with E-state index in [4.69, 9.17) is 0 Å². The number of benzene rings is 3. The predicted molar refractivity (Wildman–Crippen MR) is 132 cm³/mol. The summed E-state index contributed by atoms with van der Waals surface area (Å²) < 4.78 is 40.5. The standard InChI is InChI=1S/C27H22F3N3OS/c1-18(25(34)31-22-15-9-8-14-21(22)16-19-10-4-2-5-11-19)35-26-32-23(20-12-6-3-7-13-20)17-24(33-26)27(28,29)30/h2-15,17-18H,16H2,1H3,(H,31,34)/t18-/m0/s1. The van der Waals surface area contributed by atoms with Crippen molar-refractivity contribution in [3.8, 4) is 11.3 Å². The normalized spacial score (nSPS) is 12.2. The van der Waals surface area contributed by atoms with Gasteiger partial charge in [-0.15, -0.1) is 0 Å². The third kappa shape index (κ3) is 6.48. The van der Waals surface area contributed by atoms with Crippen LogP contribution in [-0.2, 0) is 17.4 Å². The van der Waals surface area contributed by atoms with Gasteiger partial charge in [-0.2, -0.15) is 13.2 Å². The van der Waals surface area contributed by atoms with Crippen molar-refractivity contribution in [1.82, 2.24) is 9.97 Å². The fourth-order valence-electron chi connectivity index (χ4n) is 3.44. The molecule has 3 aromatic carbocycles. The van der Waals surface area contributed by atoms with E-state index in [1.54, 1.807) is 37.3 Å². The van der Waals surface area contributed by atoms with Gasteiger partial charge in [-0.1, -0.05) is 90.6 Å². The van der Waals surface area contributed by atoms with Crippen LogP contribution in [0.2, 0.25) is 0 Å². The van der Waals surface area contributed by atoms with Gasteiger partial charge < -0.3 is 5.32 Å². The minimum Gasteiger partial charge on any atom is -0.325 e. The fraction of sp³-hybridized carbons (Fsp3) is 0.148. The first-order chi connectivity index (χ1) is 16.8. The van der Waals surface area contributed by atoms with Crippen molar-refractivity contribution >= 4 is 23.4 Å². The third-order valence-electron chi connectivity index (χ3n) is 5.23. The summed E-state index contributed by atoms with van der Waals surface area (Å²) in [7, 11) is 0. The van der Waals surface area contributed by atoms with Crippen LogP contribution in [-0.4, -0.2) is 21.1 Å². The topological polar surface area (TPSA) is 54.9 Å². The number of aromatic nitrogens is 2. The Morgan fingerprint density at radius 3 is 2.23 bits per heavy atom. The average molecular weight is 494 g/mol. The number of alkyl halides is 3. The lowest BCUT2D eigenvalue weighted by Crippen LogP contribution is -2.23. The molecule has 0 saturated carbocycles. The maximum atomic E-state index is 13.5. The number of anilines is 1. The number of amides is 1. The van der Waals surface area contributed by atoms with Gasteiger partial charge in [-0.25, -0.2) is 9.97 Å². The Labute approximate surface area is 205 Å². The van der Waals surface area contributed by atoms with Gasteiger partial charge >= 0.3 is 6.18 Å². The first kappa shape index (κ1) is 24.5. The van der Waals surface area contributed by atoms with E-state index in [2.05, 4.69) is 15.3 Å². The molecule has 1 atom stereocenters. The summed E-state index contributed by atoms with van der Waals surface area (Å²) in [6.07, 6.45) is -4.00. The zero-order valence-electron chi connectivity index (χ0n) is 18.8. The molecule has 4 aromatic rings. The van der Waals surface area contributed by atoms with Gasteiger partial charge in [0, 0.05) is 11.3 Å². The molecule has 4 nitrogen and oxygen atoms in total. The van der Waals surface area contributed by atoms with E-state index in [0.29, 0.717) is 17.7 Å². The Bertz CT molecular complexity index is 1300. The smallest absolute Gasteiger partial charge is 0.325 e. The van der Waals surface area contributed by atoms with Crippen LogP contribution < -0.4 is 5.32 Å². The summed E-state index contributed by atoms with van der Waals surface area (Å²) in [4.78, 5) is 20.9. The quantitative estimate of drug-likeness (QED) is 0.225. The zero-order chi connectivity index (χ0) is 24.8. The summed E-state index contributed by atoms with van der Waals surface area (Å²) in [5, 5.41) is 2.06. The minimum absolute atomic E-state index is 0.112.